The fourth-order valence-corrected chi connectivity index (χ4v) is 0.593. The molecule has 0 saturated carbocycles. The van der Waals surface area contributed by atoms with Crippen LogP contribution >= 0.6 is 0 Å². The average molecular weight is 206 g/mol. The Morgan fingerprint density at radius 1 is 1.14 bits per heavy atom. The summed E-state index contributed by atoms with van der Waals surface area (Å²) in [6.07, 6.45) is 0. The van der Waals surface area contributed by atoms with Gasteiger partial charge in [0.25, 0.3) is 0 Å². The molecule has 0 aromatic heterocycles. The van der Waals surface area contributed by atoms with E-state index < -0.39 is 0 Å². The molecule has 0 amide bonds. The van der Waals surface area contributed by atoms with Crippen LogP contribution in [0.5, 0.6) is 0 Å². The lowest BCUT2D eigenvalue weighted by Gasteiger charge is -2.17. The van der Waals surface area contributed by atoms with Crippen molar-refractivity contribution in [3.8, 4) is 0 Å². The van der Waals surface area contributed by atoms with Gasteiger partial charge in [-0.3, -0.25) is 0 Å². The van der Waals surface area contributed by atoms with Gasteiger partial charge in [-0.2, -0.15) is 0 Å². The molecule has 4 N–H and O–H groups in total. The van der Waals surface area contributed by atoms with Crippen LogP contribution < -0.4 is 11.5 Å². The van der Waals surface area contributed by atoms with E-state index in [4.69, 9.17) is 16.2 Å². The van der Waals surface area contributed by atoms with E-state index >= 15 is 0 Å². The molecule has 0 aromatic carbocycles. The standard InChI is InChI=1S/C7H18N2O.2C2H6/c1-3-10-5-7(9)6(2)4-8;2*1-2/h6-7H,3-5,8-9H2,1-2H3;2*1-2H3. The maximum atomic E-state index is 5.71. The highest BCUT2D eigenvalue weighted by molar-refractivity contribution is 4.68. The molecule has 3 heteroatoms. The summed E-state index contributed by atoms with van der Waals surface area (Å²) in [7, 11) is 0. The number of rotatable bonds is 5. The van der Waals surface area contributed by atoms with Gasteiger partial charge in [-0.25, -0.2) is 0 Å². The Balaban J connectivity index is -0.000000266. The van der Waals surface area contributed by atoms with Gasteiger partial charge in [0.05, 0.1) is 6.61 Å². The Morgan fingerprint density at radius 3 is 1.86 bits per heavy atom. The van der Waals surface area contributed by atoms with E-state index in [2.05, 4.69) is 0 Å². The summed E-state index contributed by atoms with van der Waals surface area (Å²) < 4.78 is 5.14. The van der Waals surface area contributed by atoms with Crippen molar-refractivity contribution in [2.45, 2.75) is 47.6 Å². The first-order valence-electron chi connectivity index (χ1n) is 5.75. The van der Waals surface area contributed by atoms with Crippen molar-refractivity contribution >= 4 is 0 Å². The minimum atomic E-state index is 0.0879. The van der Waals surface area contributed by atoms with Crippen LogP contribution in [-0.4, -0.2) is 25.8 Å². The van der Waals surface area contributed by atoms with Gasteiger partial charge in [0.2, 0.25) is 0 Å². The Kier molecular flexibility index (Phi) is 25.9. The van der Waals surface area contributed by atoms with Crippen LogP contribution in [0.3, 0.4) is 0 Å². The molecule has 0 aromatic rings. The average Bonchev–Trinajstić information content (AvgIpc) is 2.30. The van der Waals surface area contributed by atoms with Crippen LogP contribution in [0.2, 0.25) is 0 Å². The van der Waals surface area contributed by atoms with Crippen LogP contribution in [0.25, 0.3) is 0 Å². The van der Waals surface area contributed by atoms with Gasteiger partial charge in [-0.05, 0) is 19.4 Å². The van der Waals surface area contributed by atoms with Gasteiger partial charge >= 0.3 is 0 Å². The topological polar surface area (TPSA) is 61.3 Å². The molecule has 0 saturated heterocycles. The Morgan fingerprint density at radius 2 is 1.57 bits per heavy atom. The molecule has 0 heterocycles. The first-order chi connectivity index (χ1) is 6.72. The molecule has 0 bridgehead atoms. The summed E-state index contributed by atoms with van der Waals surface area (Å²) in [6, 6.07) is 0.0879. The van der Waals surface area contributed by atoms with Gasteiger partial charge < -0.3 is 16.2 Å². The summed E-state index contributed by atoms with van der Waals surface area (Å²) in [5.74, 6) is 0.353. The summed E-state index contributed by atoms with van der Waals surface area (Å²) in [5, 5.41) is 0. The van der Waals surface area contributed by atoms with E-state index in [1.54, 1.807) is 0 Å². The highest BCUT2D eigenvalue weighted by Crippen LogP contribution is 1.97. The molecule has 0 spiro atoms. The Hall–Kier alpha value is -0.120. The van der Waals surface area contributed by atoms with Crippen LogP contribution in [0.1, 0.15) is 41.5 Å². The van der Waals surface area contributed by atoms with Crippen LogP contribution in [0.15, 0.2) is 0 Å². The third-order valence-electron chi connectivity index (χ3n) is 1.62. The lowest BCUT2D eigenvalue weighted by atomic mass is 10.0. The monoisotopic (exact) mass is 206 g/mol. The van der Waals surface area contributed by atoms with Crippen LogP contribution in [0, 0.1) is 5.92 Å². The van der Waals surface area contributed by atoms with Crippen molar-refractivity contribution in [2.75, 3.05) is 19.8 Å². The number of ether oxygens (including phenoxy) is 1. The molecule has 3 nitrogen and oxygen atoms in total. The zero-order chi connectivity index (χ0) is 12.0. The summed E-state index contributed by atoms with van der Waals surface area (Å²) in [4.78, 5) is 0. The highest BCUT2D eigenvalue weighted by atomic mass is 16.5. The molecule has 2 atom stereocenters. The quantitative estimate of drug-likeness (QED) is 0.723. The zero-order valence-electron chi connectivity index (χ0n) is 10.8. The van der Waals surface area contributed by atoms with Gasteiger partial charge in [0.1, 0.15) is 0 Å². The van der Waals surface area contributed by atoms with Crippen molar-refractivity contribution in [3.05, 3.63) is 0 Å². The number of hydrogen-bond donors (Lipinski definition) is 2. The molecular formula is C11H30N2O. The normalized spacial score (nSPS) is 12.9. The van der Waals surface area contributed by atoms with Gasteiger partial charge in [0, 0.05) is 12.6 Å². The van der Waals surface area contributed by atoms with E-state index in [1.807, 2.05) is 41.5 Å². The first-order valence-corrected chi connectivity index (χ1v) is 5.75. The predicted molar refractivity (Wildman–Crippen MR) is 65.4 cm³/mol. The van der Waals surface area contributed by atoms with Gasteiger partial charge in [-0.15, -0.1) is 0 Å². The van der Waals surface area contributed by atoms with E-state index in [1.165, 1.54) is 0 Å². The summed E-state index contributed by atoms with van der Waals surface area (Å²) in [5.41, 5.74) is 11.1. The molecule has 0 rings (SSSR count). The summed E-state index contributed by atoms with van der Waals surface area (Å²) >= 11 is 0. The lowest BCUT2D eigenvalue weighted by Crippen LogP contribution is -2.37. The first kappa shape index (κ1) is 19.5. The molecule has 0 radical (unpaired) electrons. The Bertz CT molecular complexity index is 79.7. The molecule has 2 unspecified atom stereocenters. The second kappa shape index (κ2) is 18.6. The minimum absolute atomic E-state index is 0.0879. The van der Waals surface area contributed by atoms with E-state index in [9.17, 15) is 0 Å². The van der Waals surface area contributed by atoms with E-state index in [-0.39, 0.29) is 6.04 Å². The number of nitrogens with two attached hydrogens (primary N) is 2. The largest absolute Gasteiger partial charge is 0.380 e. The van der Waals surface area contributed by atoms with E-state index in [0.29, 0.717) is 19.1 Å². The van der Waals surface area contributed by atoms with Crippen molar-refractivity contribution < 1.29 is 4.74 Å². The smallest absolute Gasteiger partial charge is 0.0620 e. The van der Waals surface area contributed by atoms with Crippen LogP contribution in [0.4, 0.5) is 0 Å². The Labute approximate surface area is 90.2 Å². The molecular weight excluding hydrogens is 176 g/mol. The molecule has 14 heavy (non-hydrogen) atoms. The van der Waals surface area contributed by atoms with Gasteiger partial charge in [0.15, 0.2) is 0 Å². The fourth-order valence-electron chi connectivity index (χ4n) is 0.593. The van der Waals surface area contributed by atoms with Crippen molar-refractivity contribution in [1.82, 2.24) is 0 Å². The molecule has 0 fully saturated rings. The third-order valence-corrected chi connectivity index (χ3v) is 1.62. The maximum Gasteiger partial charge on any atom is 0.0620 e. The third kappa shape index (κ3) is 14.4. The lowest BCUT2D eigenvalue weighted by molar-refractivity contribution is 0.120. The number of hydrogen-bond acceptors (Lipinski definition) is 3. The summed E-state index contributed by atoms with van der Waals surface area (Å²) in [6.45, 7) is 14.0. The second-order valence-electron chi connectivity index (χ2n) is 2.54. The predicted octanol–water partition coefficient (Wildman–Crippen LogP) is 2.00. The second-order valence-corrected chi connectivity index (χ2v) is 2.54. The van der Waals surface area contributed by atoms with Crippen molar-refractivity contribution in [2.24, 2.45) is 17.4 Å². The molecule has 0 aliphatic rings. The van der Waals surface area contributed by atoms with E-state index in [0.717, 1.165) is 6.61 Å². The highest BCUT2D eigenvalue weighted by Gasteiger charge is 2.09. The van der Waals surface area contributed by atoms with Gasteiger partial charge in [-0.1, -0.05) is 34.6 Å². The van der Waals surface area contributed by atoms with Crippen molar-refractivity contribution in [3.63, 3.8) is 0 Å². The molecule has 90 valence electrons. The molecule has 0 aliphatic carbocycles. The zero-order valence-corrected chi connectivity index (χ0v) is 10.8. The minimum Gasteiger partial charge on any atom is -0.380 e. The molecule has 0 aliphatic heterocycles. The SMILES string of the molecule is CC.CC.CCOCC(N)C(C)CN. The van der Waals surface area contributed by atoms with Crippen LogP contribution in [-0.2, 0) is 4.74 Å². The van der Waals surface area contributed by atoms with Crippen molar-refractivity contribution in [1.29, 1.82) is 0 Å². The fraction of sp³-hybridized carbons (Fsp3) is 1.00. The maximum absolute atomic E-state index is 5.71.